The molecule has 4 rings (SSSR count). The van der Waals surface area contributed by atoms with Crippen LogP contribution in [-0.2, 0) is 6.54 Å². The van der Waals surface area contributed by atoms with Crippen molar-refractivity contribution in [2.75, 3.05) is 38.5 Å². The van der Waals surface area contributed by atoms with Gasteiger partial charge in [-0.2, -0.15) is 0 Å². The molecule has 27 heavy (non-hydrogen) atoms. The van der Waals surface area contributed by atoms with Crippen molar-refractivity contribution in [3.63, 3.8) is 0 Å². The van der Waals surface area contributed by atoms with E-state index in [1.807, 2.05) is 18.3 Å². The summed E-state index contributed by atoms with van der Waals surface area (Å²) in [5.41, 5.74) is 13.9. The molecule has 1 aliphatic rings. The van der Waals surface area contributed by atoms with Crippen LogP contribution >= 0.6 is 0 Å². The molecule has 0 spiro atoms. The van der Waals surface area contributed by atoms with Crippen LogP contribution < -0.4 is 5.73 Å². The molecular formula is C22H29N5. The number of benzene rings is 1. The first-order valence-electron chi connectivity index (χ1n) is 9.84. The maximum absolute atomic E-state index is 6.09. The number of nitrogens with two attached hydrogens (primary N) is 1. The number of hydrogen-bond donors (Lipinski definition) is 1. The second kappa shape index (κ2) is 7.33. The van der Waals surface area contributed by atoms with Gasteiger partial charge >= 0.3 is 0 Å². The average Bonchev–Trinajstić information content (AvgIpc) is 3.00. The fraction of sp³-hybridized carbons (Fsp3) is 0.409. The molecule has 1 saturated heterocycles. The predicted molar refractivity (Wildman–Crippen MR) is 112 cm³/mol. The molecule has 0 aliphatic carbocycles. The van der Waals surface area contributed by atoms with Gasteiger partial charge in [-0.3, -0.25) is 4.90 Å². The highest BCUT2D eigenvalue weighted by Gasteiger charge is 2.21. The Morgan fingerprint density at radius 1 is 1.00 bits per heavy atom. The van der Waals surface area contributed by atoms with Crippen LogP contribution in [0.25, 0.3) is 16.9 Å². The molecule has 5 heteroatoms. The van der Waals surface area contributed by atoms with E-state index in [1.165, 1.54) is 22.4 Å². The summed E-state index contributed by atoms with van der Waals surface area (Å²) in [5.74, 6) is 0. The highest BCUT2D eigenvalue weighted by Crippen LogP contribution is 2.29. The topological polar surface area (TPSA) is 49.8 Å². The maximum Gasteiger partial charge on any atom is 0.137 e. The zero-order valence-corrected chi connectivity index (χ0v) is 16.6. The molecule has 0 saturated carbocycles. The summed E-state index contributed by atoms with van der Waals surface area (Å²) in [5, 5.41) is 0. The van der Waals surface area contributed by atoms with Crippen LogP contribution in [0, 0.1) is 13.8 Å². The minimum atomic E-state index is 0.768. The van der Waals surface area contributed by atoms with Gasteiger partial charge in [0.05, 0.1) is 11.4 Å². The lowest BCUT2D eigenvalue weighted by Gasteiger charge is -2.34. The summed E-state index contributed by atoms with van der Waals surface area (Å²) >= 11 is 0. The Balaban J connectivity index is 1.76. The third kappa shape index (κ3) is 3.57. The highest BCUT2D eigenvalue weighted by atomic mass is 15.3. The van der Waals surface area contributed by atoms with E-state index < -0.39 is 0 Å². The van der Waals surface area contributed by atoms with E-state index >= 15 is 0 Å². The standard InChI is InChI=1S/C22H29N5/c1-4-25-9-11-26(12-10-25)15-20-22(19-7-5-16(2)13-17(19)3)24-21-8-6-18(23)14-27(20)21/h5-8,13-14H,4,9-12,15,23H2,1-3H3. The number of nitrogen functional groups attached to an aromatic ring is 1. The average molecular weight is 364 g/mol. The van der Waals surface area contributed by atoms with Crippen LogP contribution in [0.15, 0.2) is 36.5 Å². The first-order valence-corrected chi connectivity index (χ1v) is 9.84. The van der Waals surface area contributed by atoms with Crippen LogP contribution in [-0.4, -0.2) is 51.9 Å². The number of piperazine rings is 1. The molecular weight excluding hydrogens is 334 g/mol. The fourth-order valence-corrected chi connectivity index (χ4v) is 4.03. The molecule has 0 amide bonds. The van der Waals surface area contributed by atoms with Gasteiger partial charge < -0.3 is 15.0 Å². The van der Waals surface area contributed by atoms with Crippen molar-refractivity contribution in [1.29, 1.82) is 0 Å². The van der Waals surface area contributed by atoms with Crippen molar-refractivity contribution in [3.8, 4) is 11.3 Å². The third-order valence-corrected chi connectivity index (χ3v) is 5.66. The summed E-state index contributed by atoms with van der Waals surface area (Å²) in [6.07, 6.45) is 2.01. The van der Waals surface area contributed by atoms with Crippen LogP contribution in [0.2, 0.25) is 0 Å². The predicted octanol–water partition coefficient (Wildman–Crippen LogP) is 3.34. The van der Waals surface area contributed by atoms with Crippen LogP contribution in [0.1, 0.15) is 23.7 Å². The molecule has 2 N–H and O–H groups in total. The number of imidazole rings is 1. The number of rotatable bonds is 4. The van der Waals surface area contributed by atoms with Gasteiger partial charge in [-0.05, 0) is 38.1 Å². The number of pyridine rings is 1. The Bertz CT molecular complexity index is 951. The Labute approximate surface area is 161 Å². The van der Waals surface area contributed by atoms with Gasteiger partial charge in [0.15, 0.2) is 0 Å². The number of anilines is 1. The molecule has 0 bridgehead atoms. The van der Waals surface area contributed by atoms with E-state index in [0.29, 0.717) is 0 Å². The number of fused-ring (bicyclic) bond motifs is 1. The number of aromatic nitrogens is 2. The second-order valence-corrected chi connectivity index (χ2v) is 7.63. The van der Waals surface area contributed by atoms with E-state index in [9.17, 15) is 0 Å². The molecule has 3 aromatic rings. The van der Waals surface area contributed by atoms with E-state index in [4.69, 9.17) is 10.7 Å². The Hall–Kier alpha value is -2.37. The Morgan fingerprint density at radius 2 is 1.74 bits per heavy atom. The molecule has 5 nitrogen and oxygen atoms in total. The molecule has 0 unspecified atom stereocenters. The highest BCUT2D eigenvalue weighted by molar-refractivity contribution is 5.70. The summed E-state index contributed by atoms with van der Waals surface area (Å²) in [4.78, 5) is 10.0. The Morgan fingerprint density at radius 3 is 2.44 bits per heavy atom. The third-order valence-electron chi connectivity index (χ3n) is 5.66. The Kier molecular flexibility index (Phi) is 4.89. The molecule has 1 aliphatic heterocycles. The van der Waals surface area contributed by atoms with Crippen LogP contribution in [0.4, 0.5) is 5.69 Å². The first kappa shape index (κ1) is 18.0. The van der Waals surface area contributed by atoms with Gasteiger partial charge in [-0.15, -0.1) is 0 Å². The fourth-order valence-electron chi connectivity index (χ4n) is 4.03. The SMILES string of the molecule is CCN1CCN(Cc2c(-c3ccc(C)cc3C)nc3ccc(N)cn23)CC1. The van der Waals surface area contributed by atoms with Crippen molar-refractivity contribution in [1.82, 2.24) is 19.2 Å². The summed E-state index contributed by atoms with van der Waals surface area (Å²) in [7, 11) is 0. The van der Waals surface area contributed by atoms with Crippen molar-refractivity contribution in [3.05, 3.63) is 53.3 Å². The molecule has 3 heterocycles. The van der Waals surface area contributed by atoms with Gasteiger partial charge in [-0.25, -0.2) is 4.98 Å². The quantitative estimate of drug-likeness (QED) is 0.772. The minimum absolute atomic E-state index is 0.768. The van der Waals surface area contributed by atoms with E-state index in [0.717, 1.165) is 56.3 Å². The summed E-state index contributed by atoms with van der Waals surface area (Å²) < 4.78 is 2.18. The van der Waals surface area contributed by atoms with Gasteiger partial charge in [0.2, 0.25) is 0 Å². The molecule has 1 aromatic carbocycles. The summed E-state index contributed by atoms with van der Waals surface area (Å²) in [6.45, 7) is 13.0. The zero-order chi connectivity index (χ0) is 19.0. The van der Waals surface area contributed by atoms with Crippen molar-refractivity contribution in [2.24, 2.45) is 0 Å². The van der Waals surface area contributed by atoms with E-state index in [2.05, 4.69) is 53.2 Å². The van der Waals surface area contributed by atoms with E-state index in [-0.39, 0.29) is 0 Å². The number of likely N-dealkylation sites (N-methyl/N-ethyl adjacent to an activating group) is 1. The molecule has 1 fully saturated rings. The number of aryl methyl sites for hydroxylation is 2. The number of hydrogen-bond acceptors (Lipinski definition) is 4. The van der Waals surface area contributed by atoms with Crippen LogP contribution in [0.5, 0.6) is 0 Å². The zero-order valence-electron chi connectivity index (χ0n) is 16.6. The van der Waals surface area contributed by atoms with Crippen molar-refractivity contribution >= 4 is 11.3 Å². The monoisotopic (exact) mass is 363 g/mol. The molecule has 2 aromatic heterocycles. The molecule has 0 atom stereocenters. The van der Waals surface area contributed by atoms with Crippen molar-refractivity contribution in [2.45, 2.75) is 27.3 Å². The largest absolute Gasteiger partial charge is 0.398 e. The number of nitrogens with zero attached hydrogens (tertiary/aromatic N) is 4. The van der Waals surface area contributed by atoms with Gasteiger partial charge in [0, 0.05) is 50.2 Å². The lowest BCUT2D eigenvalue weighted by Crippen LogP contribution is -2.45. The first-order chi connectivity index (χ1) is 13.0. The summed E-state index contributed by atoms with van der Waals surface area (Å²) in [6, 6.07) is 10.6. The van der Waals surface area contributed by atoms with E-state index in [1.54, 1.807) is 0 Å². The minimum Gasteiger partial charge on any atom is -0.398 e. The van der Waals surface area contributed by atoms with Gasteiger partial charge in [0.25, 0.3) is 0 Å². The van der Waals surface area contributed by atoms with Crippen LogP contribution in [0.3, 0.4) is 0 Å². The molecule has 142 valence electrons. The molecule has 0 radical (unpaired) electrons. The van der Waals surface area contributed by atoms with Crippen molar-refractivity contribution < 1.29 is 0 Å². The smallest absolute Gasteiger partial charge is 0.137 e. The lowest BCUT2D eigenvalue weighted by atomic mass is 10.0. The normalized spacial score (nSPS) is 16.3. The van der Waals surface area contributed by atoms with Gasteiger partial charge in [0.1, 0.15) is 5.65 Å². The maximum atomic E-state index is 6.09. The van der Waals surface area contributed by atoms with Gasteiger partial charge in [-0.1, -0.05) is 30.7 Å². The lowest BCUT2D eigenvalue weighted by molar-refractivity contribution is 0.131. The second-order valence-electron chi connectivity index (χ2n) is 7.63.